The number of nitrogens with zero attached hydrogens (tertiary/aromatic N) is 2. The van der Waals surface area contributed by atoms with Crippen LogP contribution in [0.1, 0.15) is 38.4 Å². The zero-order valence-electron chi connectivity index (χ0n) is 19.7. The SMILES string of the molecule is BC(=O)NC(C(=O)N1C[C@H](O)C[C@H]1C(=O)NCc1ccc(-c2scnc2C)cc1)C(C)(C)C. The number of benzene rings is 1. The fourth-order valence-corrected chi connectivity index (χ4v) is 4.80. The molecule has 1 aliphatic rings. The van der Waals surface area contributed by atoms with Crippen molar-refractivity contribution in [3.05, 3.63) is 41.0 Å². The highest BCUT2D eigenvalue weighted by molar-refractivity contribution is 7.13. The minimum atomic E-state index is -0.793. The van der Waals surface area contributed by atoms with Gasteiger partial charge in [0, 0.05) is 19.5 Å². The number of rotatable bonds is 6. The maximum Gasteiger partial charge on any atom is 0.246 e. The Morgan fingerprint density at radius 3 is 2.48 bits per heavy atom. The summed E-state index contributed by atoms with van der Waals surface area (Å²) in [6.45, 7) is 7.90. The Hall–Kier alpha value is -2.72. The van der Waals surface area contributed by atoms with E-state index in [4.69, 9.17) is 0 Å². The third-order valence-electron chi connectivity index (χ3n) is 5.75. The first-order valence-corrected chi connectivity index (χ1v) is 11.9. The molecule has 0 bridgehead atoms. The minimum absolute atomic E-state index is 0.0615. The zero-order valence-corrected chi connectivity index (χ0v) is 20.5. The Kier molecular flexibility index (Phi) is 7.59. The maximum atomic E-state index is 13.3. The highest BCUT2D eigenvalue weighted by atomic mass is 32.1. The summed E-state index contributed by atoms with van der Waals surface area (Å²) in [4.78, 5) is 44.7. The van der Waals surface area contributed by atoms with Crippen molar-refractivity contribution in [3.8, 4) is 10.4 Å². The number of aliphatic hydroxyl groups is 1. The Bertz CT molecular complexity index is 1020. The number of aromatic nitrogens is 1. The molecule has 0 spiro atoms. The molecule has 176 valence electrons. The van der Waals surface area contributed by atoms with Crippen LogP contribution in [0.2, 0.25) is 0 Å². The van der Waals surface area contributed by atoms with Gasteiger partial charge in [0.05, 0.1) is 22.2 Å². The second-order valence-corrected chi connectivity index (χ2v) is 10.4. The molecule has 1 aliphatic heterocycles. The predicted molar refractivity (Wildman–Crippen MR) is 131 cm³/mol. The molecule has 3 amide bonds. The quantitative estimate of drug-likeness (QED) is 0.554. The highest BCUT2D eigenvalue weighted by Crippen LogP contribution is 2.28. The third kappa shape index (κ3) is 6.00. The third-order valence-corrected chi connectivity index (χ3v) is 6.73. The van der Waals surface area contributed by atoms with E-state index >= 15 is 0 Å². The first-order chi connectivity index (χ1) is 15.5. The van der Waals surface area contributed by atoms with Gasteiger partial charge in [-0.1, -0.05) is 45.0 Å². The van der Waals surface area contributed by atoms with Crippen LogP contribution in [0.5, 0.6) is 0 Å². The largest absolute Gasteiger partial charge is 0.391 e. The molecule has 0 saturated carbocycles. The van der Waals surface area contributed by atoms with Gasteiger partial charge in [-0.3, -0.25) is 14.4 Å². The van der Waals surface area contributed by atoms with E-state index in [0.717, 1.165) is 21.7 Å². The average Bonchev–Trinajstić information content (AvgIpc) is 3.35. The molecule has 1 unspecified atom stereocenters. The fourth-order valence-electron chi connectivity index (χ4n) is 3.98. The molecule has 3 atom stereocenters. The van der Waals surface area contributed by atoms with E-state index in [2.05, 4.69) is 15.6 Å². The summed E-state index contributed by atoms with van der Waals surface area (Å²) in [7, 11) is 1.36. The molecular weight excluding hydrogens is 439 g/mol. The first kappa shape index (κ1) is 24.9. The van der Waals surface area contributed by atoms with Crippen molar-refractivity contribution in [2.75, 3.05) is 6.54 Å². The molecule has 1 saturated heterocycles. The lowest BCUT2D eigenvalue weighted by Gasteiger charge is -2.35. The molecule has 0 aliphatic carbocycles. The number of aryl methyl sites for hydroxylation is 1. The van der Waals surface area contributed by atoms with E-state index in [1.165, 1.54) is 12.7 Å². The highest BCUT2D eigenvalue weighted by Gasteiger charge is 2.44. The van der Waals surface area contributed by atoms with E-state index in [-0.39, 0.29) is 30.6 Å². The number of carbonyl (C=O) groups is 3. The van der Waals surface area contributed by atoms with Crippen LogP contribution in [-0.4, -0.2) is 65.2 Å². The lowest BCUT2D eigenvalue weighted by molar-refractivity contribution is -0.141. The zero-order chi connectivity index (χ0) is 24.3. The van der Waals surface area contributed by atoms with Gasteiger partial charge in [-0.05, 0) is 23.5 Å². The molecule has 1 fully saturated rings. The molecule has 3 rings (SSSR count). The van der Waals surface area contributed by atoms with Crippen molar-refractivity contribution in [3.63, 3.8) is 0 Å². The van der Waals surface area contributed by atoms with E-state index in [1.807, 2.05) is 57.5 Å². The van der Waals surface area contributed by atoms with Gasteiger partial charge < -0.3 is 20.6 Å². The number of hydrogen-bond acceptors (Lipinski definition) is 6. The molecule has 0 radical (unpaired) electrons. The molecular formula is C23H31BN4O4S. The van der Waals surface area contributed by atoms with Crippen LogP contribution < -0.4 is 10.6 Å². The summed E-state index contributed by atoms with van der Waals surface area (Å²) in [5.41, 5.74) is 4.26. The smallest absolute Gasteiger partial charge is 0.246 e. The van der Waals surface area contributed by atoms with E-state index in [0.29, 0.717) is 6.54 Å². The van der Waals surface area contributed by atoms with Crippen LogP contribution in [0, 0.1) is 12.3 Å². The number of amides is 3. The normalized spacial score (nSPS) is 19.2. The maximum absolute atomic E-state index is 13.3. The molecule has 3 N–H and O–H groups in total. The predicted octanol–water partition coefficient (Wildman–Crippen LogP) is 1.45. The summed E-state index contributed by atoms with van der Waals surface area (Å²) in [6.07, 6.45) is -0.623. The number of aliphatic hydroxyl groups excluding tert-OH is 1. The Morgan fingerprint density at radius 2 is 1.94 bits per heavy atom. The summed E-state index contributed by atoms with van der Waals surface area (Å²) < 4.78 is 0. The second-order valence-electron chi connectivity index (χ2n) is 9.58. The summed E-state index contributed by atoms with van der Waals surface area (Å²) in [5.74, 6) is -1.00. The average molecular weight is 470 g/mol. The van der Waals surface area contributed by atoms with Crippen LogP contribution in [0.25, 0.3) is 10.4 Å². The Balaban J connectivity index is 1.67. The van der Waals surface area contributed by atoms with Gasteiger partial charge >= 0.3 is 0 Å². The second kappa shape index (κ2) is 10.0. The molecule has 8 nitrogen and oxygen atoms in total. The number of thiazole rings is 1. The van der Waals surface area contributed by atoms with Crippen LogP contribution >= 0.6 is 11.3 Å². The summed E-state index contributed by atoms with van der Waals surface area (Å²) >= 11 is 1.59. The number of hydrogen-bond donors (Lipinski definition) is 3. The van der Waals surface area contributed by atoms with Gasteiger partial charge in [-0.2, -0.15) is 0 Å². The van der Waals surface area contributed by atoms with E-state index < -0.39 is 23.6 Å². The molecule has 2 aromatic rings. The first-order valence-electron chi connectivity index (χ1n) is 11.0. The minimum Gasteiger partial charge on any atom is -0.391 e. The lowest BCUT2D eigenvalue weighted by atomic mass is 9.85. The van der Waals surface area contributed by atoms with Crippen molar-refractivity contribution in [2.45, 2.75) is 58.8 Å². The van der Waals surface area contributed by atoms with Crippen molar-refractivity contribution >= 4 is 36.8 Å². The van der Waals surface area contributed by atoms with Gasteiger partial charge in [0.25, 0.3) is 0 Å². The topological polar surface area (TPSA) is 112 Å². The van der Waals surface area contributed by atoms with Crippen molar-refractivity contribution < 1.29 is 19.5 Å². The standard InChI is InChI=1S/C23H31BN4O4S/c1-13-18(33-12-26-13)15-7-5-14(6-8-15)10-25-20(30)17-9-16(29)11-28(17)21(31)19(23(2,3)4)27-22(24)32/h5-8,12,16-17,19,29H,9-11,24H2,1-4H3,(H,25,30)(H,27,32)/t16-,17+,19?/m1/s1. The number of β-amino-alcohol motifs (C(OH)–C–C–N with tert-alkyl or cyclic N) is 1. The van der Waals surface area contributed by atoms with E-state index in [1.54, 1.807) is 11.3 Å². The molecule has 10 heteroatoms. The van der Waals surface area contributed by atoms with Crippen LogP contribution in [0.4, 0.5) is 4.79 Å². The van der Waals surface area contributed by atoms with Crippen LogP contribution in [0.15, 0.2) is 29.8 Å². The van der Waals surface area contributed by atoms with E-state index in [9.17, 15) is 19.5 Å². The monoisotopic (exact) mass is 470 g/mol. The van der Waals surface area contributed by atoms with Gasteiger partial charge in [-0.25, -0.2) is 4.98 Å². The Labute approximate surface area is 199 Å². The summed E-state index contributed by atoms with van der Waals surface area (Å²) in [5, 5.41) is 15.8. The van der Waals surface area contributed by atoms with Crippen molar-refractivity contribution in [1.82, 2.24) is 20.5 Å². The van der Waals surface area contributed by atoms with Gasteiger partial charge in [0.1, 0.15) is 12.1 Å². The van der Waals surface area contributed by atoms with Gasteiger partial charge in [0.2, 0.25) is 19.7 Å². The van der Waals surface area contributed by atoms with Crippen LogP contribution in [0.3, 0.4) is 0 Å². The Morgan fingerprint density at radius 1 is 1.27 bits per heavy atom. The van der Waals surface area contributed by atoms with Gasteiger partial charge in [-0.15, -0.1) is 11.3 Å². The molecule has 1 aromatic carbocycles. The molecule has 2 heterocycles. The van der Waals surface area contributed by atoms with Crippen molar-refractivity contribution in [1.29, 1.82) is 0 Å². The summed E-state index contributed by atoms with van der Waals surface area (Å²) in [6, 6.07) is 6.32. The van der Waals surface area contributed by atoms with Gasteiger partial charge in [0.15, 0.2) is 5.81 Å². The molecule has 1 aromatic heterocycles. The number of carbonyl (C=O) groups excluding carboxylic acids is 3. The number of likely N-dealkylation sites (tertiary alicyclic amines) is 1. The lowest BCUT2D eigenvalue weighted by Crippen LogP contribution is -2.57. The molecule has 33 heavy (non-hydrogen) atoms. The fraction of sp³-hybridized carbons (Fsp3) is 0.478. The number of nitrogens with one attached hydrogen (secondary N) is 2. The van der Waals surface area contributed by atoms with Crippen LogP contribution in [-0.2, 0) is 16.1 Å². The van der Waals surface area contributed by atoms with Crippen molar-refractivity contribution in [2.24, 2.45) is 5.41 Å².